The van der Waals surface area contributed by atoms with Gasteiger partial charge in [0.25, 0.3) is 0 Å². The quantitative estimate of drug-likeness (QED) is 0.769. The van der Waals surface area contributed by atoms with Crippen molar-refractivity contribution in [3.63, 3.8) is 0 Å². The number of hydrogen-bond donors (Lipinski definition) is 1. The number of aldehydes is 1. The van der Waals surface area contributed by atoms with Crippen molar-refractivity contribution in [1.29, 1.82) is 0 Å². The molecule has 0 radical (unpaired) electrons. The third kappa shape index (κ3) is 2.90. The van der Waals surface area contributed by atoms with Gasteiger partial charge in [-0.05, 0) is 18.4 Å². The fraction of sp³-hybridized carbons (Fsp3) is 0.462. The summed E-state index contributed by atoms with van der Waals surface area (Å²) in [7, 11) is 0. The lowest BCUT2D eigenvalue weighted by Crippen LogP contribution is -2.20. The van der Waals surface area contributed by atoms with E-state index in [0.717, 1.165) is 11.8 Å². The second-order valence-electron chi connectivity index (χ2n) is 4.29. The molecule has 2 atom stereocenters. The Kier molecular flexibility index (Phi) is 4.04. The predicted molar refractivity (Wildman–Crippen MR) is 61.1 cm³/mol. The van der Waals surface area contributed by atoms with Gasteiger partial charge in [0.1, 0.15) is 6.29 Å². The van der Waals surface area contributed by atoms with Crippen LogP contribution in [-0.4, -0.2) is 17.5 Å². The third-order valence-electron chi connectivity index (χ3n) is 2.70. The van der Waals surface area contributed by atoms with Crippen LogP contribution in [0, 0.1) is 5.92 Å². The summed E-state index contributed by atoms with van der Waals surface area (Å²) < 4.78 is 0. The minimum Gasteiger partial charge on any atom is -0.393 e. The van der Waals surface area contributed by atoms with E-state index in [2.05, 4.69) is 13.8 Å². The van der Waals surface area contributed by atoms with Crippen LogP contribution in [0.15, 0.2) is 24.3 Å². The molecule has 1 aromatic rings. The molecule has 0 saturated carbocycles. The van der Waals surface area contributed by atoms with E-state index < -0.39 is 0 Å². The summed E-state index contributed by atoms with van der Waals surface area (Å²) >= 11 is 0. The first kappa shape index (κ1) is 11.9. The molecule has 82 valence electrons. The standard InChI is InChI=1S/C13H18O2/c1-9(2)13(10(3)15)12-6-4-11(8-14)5-7-12/h4-10,13,15H,1-3H3. The van der Waals surface area contributed by atoms with Crippen LogP contribution in [-0.2, 0) is 0 Å². The molecule has 0 aliphatic carbocycles. The Morgan fingerprint density at radius 3 is 2.00 bits per heavy atom. The normalized spacial score (nSPS) is 15.0. The van der Waals surface area contributed by atoms with Crippen molar-refractivity contribution in [3.05, 3.63) is 35.4 Å². The zero-order valence-electron chi connectivity index (χ0n) is 9.47. The average Bonchev–Trinajstić information content (AvgIpc) is 2.18. The van der Waals surface area contributed by atoms with Crippen LogP contribution in [0.4, 0.5) is 0 Å². The van der Waals surface area contributed by atoms with Gasteiger partial charge >= 0.3 is 0 Å². The molecule has 2 heteroatoms. The van der Waals surface area contributed by atoms with Gasteiger partial charge in [0, 0.05) is 11.5 Å². The van der Waals surface area contributed by atoms with E-state index in [-0.39, 0.29) is 12.0 Å². The van der Waals surface area contributed by atoms with E-state index in [1.165, 1.54) is 0 Å². The molecule has 2 unspecified atom stereocenters. The summed E-state index contributed by atoms with van der Waals surface area (Å²) in [6, 6.07) is 7.42. The zero-order chi connectivity index (χ0) is 11.4. The Morgan fingerprint density at radius 1 is 1.13 bits per heavy atom. The van der Waals surface area contributed by atoms with E-state index in [1.807, 2.05) is 12.1 Å². The lowest BCUT2D eigenvalue weighted by Gasteiger charge is -2.24. The number of rotatable bonds is 4. The SMILES string of the molecule is CC(C)C(c1ccc(C=O)cc1)C(C)O. The highest BCUT2D eigenvalue weighted by atomic mass is 16.3. The molecule has 0 heterocycles. The van der Waals surface area contributed by atoms with Crippen LogP contribution in [0.1, 0.15) is 42.6 Å². The largest absolute Gasteiger partial charge is 0.393 e. The topological polar surface area (TPSA) is 37.3 Å². The highest BCUT2D eigenvalue weighted by Gasteiger charge is 2.20. The molecule has 2 nitrogen and oxygen atoms in total. The average molecular weight is 206 g/mol. The predicted octanol–water partition coefficient (Wildman–Crippen LogP) is 2.62. The third-order valence-corrected chi connectivity index (χ3v) is 2.70. The van der Waals surface area contributed by atoms with Gasteiger partial charge in [0.15, 0.2) is 0 Å². The van der Waals surface area contributed by atoms with Crippen LogP contribution >= 0.6 is 0 Å². The van der Waals surface area contributed by atoms with Crippen molar-refractivity contribution in [2.75, 3.05) is 0 Å². The number of aliphatic hydroxyl groups excluding tert-OH is 1. The van der Waals surface area contributed by atoms with E-state index in [4.69, 9.17) is 0 Å². The first-order valence-electron chi connectivity index (χ1n) is 5.29. The van der Waals surface area contributed by atoms with Gasteiger partial charge in [0.2, 0.25) is 0 Å². The van der Waals surface area contributed by atoms with Crippen molar-refractivity contribution >= 4 is 6.29 Å². The smallest absolute Gasteiger partial charge is 0.150 e. The van der Waals surface area contributed by atoms with Crippen LogP contribution < -0.4 is 0 Å². The van der Waals surface area contributed by atoms with Crippen molar-refractivity contribution in [2.45, 2.75) is 32.8 Å². The summed E-state index contributed by atoms with van der Waals surface area (Å²) in [6.07, 6.45) is 0.461. The maximum absolute atomic E-state index is 10.5. The molecular formula is C13H18O2. The fourth-order valence-electron chi connectivity index (χ4n) is 2.02. The summed E-state index contributed by atoms with van der Waals surface area (Å²) in [5.41, 5.74) is 1.76. The maximum atomic E-state index is 10.5. The molecule has 0 spiro atoms. The highest BCUT2D eigenvalue weighted by Crippen LogP contribution is 2.27. The molecule has 0 bridgehead atoms. The second-order valence-corrected chi connectivity index (χ2v) is 4.29. The maximum Gasteiger partial charge on any atom is 0.150 e. The van der Waals surface area contributed by atoms with Crippen molar-refractivity contribution in [1.82, 2.24) is 0 Å². The minimum atomic E-state index is -0.368. The molecule has 0 aliphatic rings. The zero-order valence-corrected chi connectivity index (χ0v) is 9.47. The van der Waals surface area contributed by atoms with Crippen LogP contribution in [0.25, 0.3) is 0 Å². The van der Waals surface area contributed by atoms with Crippen molar-refractivity contribution in [3.8, 4) is 0 Å². The van der Waals surface area contributed by atoms with Gasteiger partial charge in [0.05, 0.1) is 6.10 Å². The molecular weight excluding hydrogens is 188 g/mol. The van der Waals surface area contributed by atoms with Crippen molar-refractivity contribution in [2.24, 2.45) is 5.92 Å². The van der Waals surface area contributed by atoms with Crippen LogP contribution in [0.2, 0.25) is 0 Å². The number of carbonyl (C=O) groups is 1. The minimum absolute atomic E-state index is 0.130. The monoisotopic (exact) mass is 206 g/mol. The number of benzene rings is 1. The molecule has 0 aliphatic heterocycles. The summed E-state index contributed by atoms with van der Waals surface area (Å²) in [6.45, 7) is 5.98. The fourth-order valence-corrected chi connectivity index (χ4v) is 2.02. The summed E-state index contributed by atoms with van der Waals surface area (Å²) in [5.74, 6) is 0.512. The molecule has 1 N–H and O–H groups in total. The highest BCUT2D eigenvalue weighted by molar-refractivity contribution is 5.74. The van der Waals surface area contributed by atoms with E-state index in [0.29, 0.717) is 11.5 Å². The van der Waals surface area contributed by atoms with Gasteiger partial charge in [-0.2, -0.15) is 0 Å². The molecule has 0 amide bonds. The van der Waals surface area contributed by atoms with E-state index in [9.17, 15) is 9.90 Å². The van der Waals surface area contributed by atoms with Gasteiger partial charge < -0.3 is 5.11 Å². The van der Waals surface area contributed by atoms with E-state index in [1.54, 1.807) is 19.1 Å². The van der Waals surface area contributed by atoms with Crippen LogP contribution in [0.5, 0.6) is 0 Å². The number of hydrogen-bond acceptors (Lipinski definition) is 2. The van der Waals surface area contributed by atoms with Gasteiger partial charge in [-0.25, -0.2) is 0 Å². The Hall–Kier alpha value is -1.15. The van der Waals surface area contributed by atoms with Gasteiger partial charge in [-0.3, -0.25) is 4.79 Å². The summed E-state index contributed by atoms with van der Waals surface area (Å²) in [5, 5.41) is 9.69. The molecule has 0 fully saturated rings. The molecule has 1 aromatic carbocycles. The Bertz CT molecular complexity index is 304. The molecule has 1 rings (SSSR count). The van der Waals surface area contributed by atoms with Crippen molar-refractivity contribution < 1.29 is 9.90 Å². The van der Waals surface area contributed by atoms with Gasteiger partial charge in [-0.15, -0.1) is 0 Å². The first-order chi connectivity index (χ1) is 7.06. The lowest BCUT2D eigenvalue weighted by atomic mass is 9.84. The summed E-state index contributed by atoms with van der Waals surface area (Å²) in [4.78, 5) is 10.5. The van der Waals surface area contributed by atoms with Gasteiger partial charge in [-0.1, -0.05) is 38.1 Å². The molecule has 15 heavy (non-hydrogen) atoms. The Labute approximate surface area is 90.9 Å². The number of aliphatic hydroxyl groups is 1. The van der Waals surface area contributed by atoms with Crippen LogP contribution in [0.3, 0.4) is 0 Å². The first-order valence-corrected chi connectivity index (χ1v) is 5.29. The van der Waals surface area contributed by atoms with E-state index >= 15 is 0 Å². The Balaban J connectivity index is 2.96. The lowest BCUT2D eigenvalue weighted by molar-refractivity contribution is 0.112. The molecule has 0 aromatic heterocycles. The second kappa shape index (κ2) is 5.08. The Morgan fingerprint density at radius 2 is 1.67 bits per heavy atom. The number of carbonyl (C=O) groups excluding carboxylic acids is 1. The molecule has 0 saturated heterocycles.